The Bertz CT molecular complexity index is 416. The lowest BCUT2D eigenvalue weighted by Crippen LogP contribution is -2.37. The number of allylic oxidation sites excluding steroid dienone is 1. The molecule has 0 spiro atoms. The van der Waals surface area contributed by atoms with Crippen LogP contribution in [-0.4, -0.2) is 35.8 Å². The summed E-state index contributed by atoms with van der Waals surface area (Å²) >= 11 is 0. The molecule has 0 aliphatic carbocycles. The van der Waals surface area contributed by atoms with Gasteiger partial charge in [-0.05, 0) is 25.8 Å². The molecular weight excluding hydrogens is 234 g/mol. The molecule has 1 aliphatic rings. The lowest BCUT2D eigenvalue weighted by atomic mass is 10.1. The van der Waals surface area contributed by atoms with Crippen LogP contribution in [0.5, 0.6) is 0 Å². The van der Waals surface area contributed by atoms with Gasteiger partial charge in [0, 0.05) is 25.7 Å². The highest BCUT2D eigenvalue weighted by atomic mass is 15.3. The van der Waals surface area contributed by atoms with E-state index < -0.39 is 0 Å². The Kier molecular flexibility index (Phi) is 5.40. The van der Waals surface area contributed by atoms with Crippen molar-refractivity contribution in [3.63, 3.8) is 0 Å². The van der Waals surface area contributed by atoms with Gasteiger partial charge in [0.05, 0.1) is 11.4 Å². The highest BCUT2D eigenvalue weighted by Crippen LogP contribution is 2.31. The average Bonchev–Trinajstić information content (AvgIpc) is 2.72. The third-order valence-corrected chi connectivity index (χ3v) is 3.67. The summed E-state index contributed by atoms with van der Waals surface area (Å²) in [6.07, 6.45) is 7.38. The van der Waals surface area contributed by atoms with Crippen LogP contribution in [0.1, 0.15) is 40.0 Å². The molecule has 0 saturated carbocycles. The first-order valence-corrected chi connectivity index (χ1v) is 7.10. The topological polar surface area (TPSA) is 30.3 Å². The summed E-state index contributed by atoms with van der Waals surface area (Å²) in [5.41, 5.74) is 3.03. The predicted octanol–water partition coefficient (Wildman–Crippen LogP) is 3.76. The smallest absolute Gasteiger partial charge is 0.132 e. The second kappa shape index (κ2) is 6.60. The number of amidine groups is 1. The number of rotatable bonds is 6. The summed E-state index contributed by atoms with van der Waals surface area (Å²) in [6, 6.07) is 0.387. The minimum Gasteiger partial charge on any atom is -0.376 e. The molecule has 3 nitrogen and oxygen atoms in total. The van der Waals surface area contributed by atoms with Gasteiger partial charge in [-0.2, -0.15) is 0 Å². The molecule has 0 aromatic carbocycles. The van der Waals surface area contributed by atoms with Crippen LogP contribution in [0.3, 0.4) is 0 Å². The molecule has 0 amide bonds. The average molecular weight is 261 g/mol. The number of nitrogens with one attached hydrogen (secondary N) is 1. The van der Waals surface area contributed by atoms with E-state index in [1.165, 1.54) is 0 Å². The first kappa shape index (κ1) is 15.5. The minimum absolute atomic E-state index is 0.387. The molecular formula is C16H27N3. The summed E-state index contributed by atoms with van der Waals surface area (Å²) in [6.45, 7) is 10.5. The van der Waals surface area contributed by atoms with E-state index in [-0.39, 0.29) is 0 Å². The van der Waals surface area contributed by atoms with Crippen LogP contribution in [0, 0.1) is 5.41 Å². The summed E-state index contributed by atoms with van der Waals surface area (Å²) in [7, 11) is 4.00. The van der Waals surface area contributed by atoms with Crippen LogP contribution in [0.4, 0.5) is 0 Å². The lowest BCUT2D eigenvalue weighted by molar-refractivity contribution is 0.334. The van der Waals surface area contributed by atoms with Crippen molar-refractivity contribution < 1.29 is 0 Å². The molecule has 106 valence electrons. The largest absolute Gasteiger partial charge is 0.376 e. The lowest BCUT2D eigenvalue weighted by Gasteiger charge is -2.33. The quantitative estimate of drug-likeness (QED) is 0.789. The second-order valence-corrected chi connectivity index (χ2v) is 5.18. The van der Waals surface area contributed by atoms with E-state index in [9.17, 15) is 0 Å². The molecule has 1 unspecified atom stereocenters. The zero-order chi connectivity index (χ0) is 14.6. The van der Waals surface area contributed by atoms with E-state index in [0.29, 0.717) is 11.9 Å². The van der Waals surface area contributed by atoms with E-state index in [1.54, 1.807) is 0 Å². The van der Waals surface area contributed by atoms with E-state index in [0.717, 1.165) is 36.2 Å². The van der Waals surface area contributed by atoms with Crippen LogP contribution in [0.2, 0.25) is 0 Å². The van der Waals surface area contributed by atoms with Crippen LogP contribution in [0.25, 0.3) is 0 Å². The Hall–Kier alpha value is -1.51. The molecule has 3 heteroatoms. The van der Waals surface area contributed by atoms with E-state index in [2.05, 4.69) is 31.4 Å². The summed E-state index contributed by atoms with van der Waals surface area (Å²) in [5.74, 6) is 0.612. The van der Waals surface area contributed by atoms with Gasteiger partial charge in [-0.3, -0.25) is 5.41 Å². The molecule has 1 heterocycles. The maximum absolute atomic E-state index is 8.39. The van der Waals surface area contributed by atoms with Crippen molar-refractivity contribution in [2.45, 2.75) is 46.1 Å². The zero-order valence-electron chi connectivity index (χ0n) is 13.0. The van der Waals surface area contributed by atoms with Gasteiger partial charge in [0.1, 0.15) is 5.84 Å². The van der Waals surface area contributed by atoms with Gasteiger partial charge in [-0.1, -0.05) is 32.9 Å². The van der Waals surface area contributed by atoms with Crippen LogP contribution in [0.15, 0.2) is 35.7 Å². The molecule has 0 fully saturated rings. The van der Waals surface area contributed by atoms with Gasteiger partial charge in [-0.25, -0.2) is 0 Å². The first-order valence-electron chi connectivity index (χ1n) is 7.10. The Morgan fingerprint density at radius 1 is 1.47 bits per heavy atom. The van der Waals surface area contributed by atoms with Gasteiger partial charge in [0.25, 0.3) is 0 Å². The van der Waals surface area contributed by atoms with E-state index in [1.807, 2.05) is 32.0 Å². The van der Waals surface area contributed by atoms with Crippen molar-refractivity contribution in [2.24, 2.45) is 0 Å². The van der Waals surface area contributed by atoms with E-state index in [4.69, 9.17) is 5.41 Å². The van der Waals surface area contributed by atoms with Crippen molar-refractivity contribution >= 4 is 5.84 Å². The van der Waals surface area contributed by atoms with Crippen LogP contribution in [-0.2, 0) is 0 Å². The standard InChI is InChI=1S/C16H27N3/c1-7-10-14(9-3)19-15(12(4)18(5)6)11-13(8-2)16(19)17/h8,11,14,17H,4,7,9-10H2,1-3,5-6H3/b13-8-,17-16?. The predicted molar refractivity (Wildman–Crippen MR) is 83.2 cm³/mol. The maximum Gasteiger partial charge on any atom is 0.132 e. The molecule has 0 radical (unpaired) electrons. The molecule has 0 aromatic heterocycles. The fourth-order valence-corrected chi connectivity index (χ4v) is 2.44. The third kappa shape index (κ3) is 3.09. The number of nitrogens with zero attached hydrogens (tertiary/aromatic N) is 2. The Balaban J connectivity index is 3.15. The third-order valence-electron chi connectivity index (χ3n) is 3.67. The summed E-state index contributed by atoms with van der Waals surface area (Å²) < 4.78 is 0. The monoisotopic (exact) mass is 261 g/mol. The van der Waals surface area contributed by atoms with Crippen molar-refractivity contribution in [3.8, 4) is 0 Å². The molecule has 19 heavy (non-hydrogen) atoms. The van der Waals surface area contributed by atoms with Crippen molar-refractivity contribution in [2.75, 3.05) is 14.1 Å². The molecule has 0 aromatic rings. The Morgan fingerprint density at radius 3 is 2.53 bits per heavy atom. The molecule has 1 aliphatic heterocycles. The zero-order valence-corrected chi connectivity index (χ0v) is 13.0. The fraction of sp³-hybridized carbons (Fsp3) is 0.562. The summed E-state index contributed by atoms with van der Waals surface area (Å²) in [5, 5.41) is 8.39. The normalized spacial score (nSPS) is 18.8. The van der Waals surface area contributed by atoms with Crippen molar-refractivity contribution in [3.05, 3.63) is 35.7 Å². The molecule has 0 bridgehead atoms. The van der Waals surface area contributed by atoms with Gasteiger partial charge >= 0.3 is 0 Å². The summed E-state index contributed by atoms with van der Waals surface area (Å²) in [4.78, 5) is 4.17. The van der Waals surface area contributed by atoms with Gasteiger partial charge < -0.3 is 9.80 Å². The molecule has 1 rings (SSSR count). The first-order chi connectivity index (χ1) is 8.97. The van der Waals surface area contributed by atoms with Gasteiger partial charge in [-0.15, -0.1) is 0 Å². The van der Waals surface area contributed by atoms with Crippen LogP contribution < -0.4 is 0 Å². The van der Waals surface area contributed by atoms with Crippen molar-refractivity contribution in [1.29, 1.82) is 5.41 Å². The van der Waals surface area contributed by atoms with Crippen LogP contribution >= 0.6 is 0 Å². The minimum atomic E-state index is 0.387. The highest BCUT2D eigenvalue weighted by Gasteiger charge is 2.31. The fourth-order valence-electron chi connectivity index (χ4n) is 2.44. The Labute approximate surface area is 117 Å². The molecule has 1 N–H and O–H groups in total. The number of hydrogen-bond donors (Lipinski definition) is 1. The molecule has 0 saturated heterocycles. The van der Waals surface area contributed by atoms with Crippen molar-refractivity contribution in [1.82, 2.24) is 9.80 Å². The van der Waals surface area contributed by atoms with E-state index >= 15 is 0 Å². The SMILES string of the molecule is C=C(C1=C/C(=C/C)C(=N)N1C(CC)CCC)N(C)C. The maximum atomic E-state index is 8.39. The number of hydrogen-bond acceptors (Lipinski definition) is 2. The number of likely N-dealkylation sites (N-methyl/N-ethyl adjacent to an activating group) is 1. The highest BCUT2D eigenvalue weighted by molar-refractivity contribution is 6.03. The molecule has 1 atom stereocenters. The second-order valence-electron chi connectivity index (χ2n) is 5.18. The Morgan fingerprint density at radius 2 is 2.11 bits per heavy atom. The van der Waals surface area contributed by atoms with Gasteiger partial charge in [0.15, 0.2) is 0 Å². The van der Waals surface area contributed by atoms with Gasteiger partial charge in [0.2, 0.25) is 0 Å².